The number of aromatic nitrogens is 1. The van der Waals surface area contributed by atoms with E-state index in [4.69, 9.17) is 14.6 Å². The minimum atomic E-state index is -1.25. The van der Waals surface area contributed by atoms with Crippen molar-refractivity contribution in [1.29, 1.82) is 0 Å². The number of nitrogens with one attached hydrogen (secondary N) is 2. The molecule has 0 spiro atoms. The number of fused-ring (bicyclic) bond motifs is 1. The highest BCUT2D eigenvalue weighted by molar-refractivity contribution is 8.00. The first-order valence-electron chi connectivity index (χ1n) is 15.3. The van der Waals surface area contributed by atoms with Gasteiger partial charge < -0.3 is 25.3 Å². The van der Waals surface area contributed by atoms with Crippen molar-refractivity contribution < 1.29 is 33.9 Å². The number of nitrogens with zero attached hydrogens (tertiary/aromatic N) is 2. The van der Waals surface area contributed by atoms with Gasteiger partial charge in [-0.15, -0.1) is 11.3 Å². The summed E-state index contributed by atoms with van der Waals surface area (Å²) in [7, 11) is 1.31. The molecule has 49 heavy (non-hydrogen) atoms. The first kappa shape index (κ1) is 33.6. The molecule has 1 aliphatic heterocycles. The van der Waals surface area contributed by atoms with Gasteiger partial charge >= 0.3 is 11.9 Å². The third-order valence-corrected chi connectivity index (χ3v) is 10.6. The molecular formula is C36H32N4O7S2. The molecule has 3 atom stereocenters. The molecule has 0 radical (unpaired) electrons. The molecule has 1 fully saturated rings. The number of carbonyl (C=O) groups excluding carboxylic acids is 3. The van der Waals surface area contributed by atoms with Gasteiger partial charge in [-0.2, -0.15) is 11.8 Å². The van der Waals surface area contributed by atoms with Crippen LogP contribution in [0.2, 0.25) is 0 Å². The van der Waals surface area contributed by atoms with E-state index in [0.717, 1.165) is 16.7 Å². The zero-order valence-electron chi connectivity index (χ0n) is 26.5. The molecule has 2 aliphatic rings. The van der Waals surface area contributed by atoms with Gasteiger partial charge in [-0.05, 0) is 22.3 Å². The lowest BCUT2D eigenvalue weighted by molar-refractivity contribution is -0.141. The number of ether oxygens (including phenoxy) is 1. The second-order valence-corrected chi connectivity index (χ2v) is 13.4. The van der Waals surface area contributed by atoms with E-state index < -0.39 is 46.4 Å². The molecule has 13 heteroatoms. The van der Waals surface area contributed by atoms with Gasteiger partial charge in [0, 0.05) is 23.3 Å². The number of Topliss-reactive ketones (excluding diaryl/α,β-unsaturated/α-hetero) is 1. The van der Waals surface area contributed by atoms with Crippen molar-refractivity contribution in [3.63, 3.8) is 0 Å². The number of thiazole rings is 1. The number of oxime groups is 1. The third kappa shape index (κ3) is 6.59. The highest BCUT2D eigenvalue weighted by Crippen LogP contribution is 2.46. The highest BCUT2D eigenvalue weighted by Gasteiger charge is 2.56. The van der Waals surface area contributed by atoms with Crippen LogP contribution < -0.4 is 10.6 Å². The Balaban J connectivity index is 1.27. The number of hydrogen-bond acceptors (Lipinski definition) is 11. The van der Waals surface area contributed by atoms with Crippen LogP contribution in [-0.4, -0.2) is 70.2 Å². The summed E-state index contributed by atoms with van der Waals surface area (Å²) in [6, 6.07) is 29.1. The number of aliphatic carboxylic acids is 1. The Morgan fingerprint density at radius 3 is 2.04 bits per heavy atom. The van der Waals surface area contributed by atoms with E-state index in [0.29, 0.717) is 10.7 Å². The van der Waals surface area contributed by atoms with Crippen LogP contribution >= 0.6 is 23.1 Å². The van der Waals surface area contributed by atoms with Gasteiger partial charge in [-0.3, -0.25) is 14.4 Å². The lowest BCUT2D eigenvalue weighted by atomic mass is 9.71. The van der Waals surface area contributed by atoms with E-state index in [1.807, 2.05) is 91.0 Å². The Labute approximate surface area is 290 Å². The number of carbonyl (C=O) groups is 4. The SMILES string of the molecule is CO/N=C(\C(=O)N[C@@H]1C(=O)C2C(C(=O)O)=C(COC(C)=O)CS[C@@H]21)c1csc(NC(c2ccccc2)(c2ccccc2)c2ccccc2)n1. The summed E-state index contributed by atoms with van der Waals surface area (Å²) in [5, 5.41) is 21.9. The van der Waals surface area contributed by atoms with Gasteiger partial charge in [-0.25, -0.2) is 9.78 Å². The van der Waals surface area contributed by atoms with Crippen molar-refractivity contribution in [2.75, 3.05) is 24.8 Å². The lowest BCUT2D eigenvalue weighted by Gasteiger charge is -2.46. The van der Waals surface area contributed by atoms with Gasteiger partial charge in [0.25, 0.3) is 5.91 Å². The number of carboxylic acid groups (broad SMARTS) is 1. The molecule has 2 heterocycles. The molecule has 0 saturated heterocycles. The van der Waals surface area contributed by atoms with E-state index in [9.17, 15) is 24.3 Å². The van der Waals surface area contributed by atoms with E-state index in [-0.39, 0.29) is 29.3 Å². The summed E-state index contributed by atoms with van der Waals surface area (Å²) in [5.74, 6) is -3.64. The molecular weight excluding hydrogens is 665 g/mol. The van der Waals surface area contributed by atoms with Crippen LogP contribution in [0, 0.1) is 5.92 Å². The fourth-order valence-corrected chi connectivity index (χ4v) is 8.46. The van der Waals surface area contributed by atoms with E-state index >= 15 is 0 Å². The topological polar surface area (TPSA) is 156 Å². The Kier molecular flexibility index (Phi) is 9.92. The summed E-state index contributed by atoms with van der Waals surface area (Å²) in [4.78, 5) is 60.2. The maximum atomic E-state index is 13.6. The largest absolute Gasteiger partial charge is 0.478 e. The maximum Gasteiger partial charge on any atom is 0.332 e. The number of esters is 1. The maximum absolute atomic E-state index is 13.6. The van der Waals surface area contributed by atoms with Crippen molar-refractivity contribution in [3.05, 3.63) is 130 Å². The van der Waals surface area contributed by atoms with E-state index in [2.05, 4.69) is 15.8 Å². The van der Waals surface area contributed by atoms with Crippen LogP contribution in [0.4, 0.5) is 5.13 Å². The fraction of sp³-hybridized carbons (Fsp3) is 0.222. The second kappa shape index (κ2) is 14.5. The number of hydrogen-bond donors (Lipinski definition) is 3. The molecule has 1 saturated carbocycles. The van der Waals surface area contributed by atoms with E-state index in [1.165, 1.54) is 37.1 Å². The highest BCUT2D eigenvalue weighted by atomic mass is 32.2. The quantitative estimate of drug-likeness (QED) is 0.0826. The fourth-order valence-electron chi connectivity index (χ4n) is 6.22. The molecule has 1 aromatic heterocycles. The van der Waals surface area contributed by atoms with Crippen LogP contribution in [0.3, 0.4) is 0 Å². The van der Waals surface area contributed by atoms with Crippen molar-refractivity contribution in [2.24, 2.45) is 11.1 Å². The van der Waals surface area contributed by atoms with Gasteiger partial charge in [0.1, 0.15) is 31.0 Å². The standard InChI is InChI=1S/C36H32N4O7S2/c1-21(41)47-18-22-19-48-32-28(27(22)34(44)45)31(42)30(32)38-33(43)29(40-46-2)26-20-49-35(37-26)39-36(23-12-6-3-7-13-23,24-14-8-4-9-15-24)25-16-10-5-11-17-25/h3-17,20,28,30,32H,18-19H2,1-2H3,(H,37,39)(H,38,43)(H,44,45)/b40-29-/t28?,30-,32+/m1/s1. The smallest absolute Gasteiger partial charge is 0.332 e. The first-order valence-corrected chi connectivity index (χ1v) is 17.2. The third-order valence-electron chi connectivity index (χ3n) is 8.44. The summed E-state index contributed by atoms with van der Waals surface area (Å²) in [5.41, 5.74) is 2.44. The number of carboxylic acids is 1. The van der Waals surface area contributed by atoms with Crippen LogP contribution in [0.1, 0.15) is 29.3 Å². The van der Waals surface area contributed by atoms with Crippen LogP contribution in [0.5, 0.6) is 0 Å². The average molecular weight is 697 g/mol. The Morgan fingerprint density at radius 2 is 1.53 bits per heavy atom. The Morgan fingerprint density at radius 1 is 0.959 bits per heavy atom. The first-order chi connectivity index (χ1) is 23.7. The normalized spacial score (nSPS) is 18.9. The number of benzene rings is 3. The molecule has 11 nitrogen and oxygen atoms in total. The predicted molar refractivity (Wildman–Crippen MR) is 186 cm³/mol. The predicted octanol–water partition coefficient (Wildman–Crippen LogP) is 4.64. The molecule has 1 amide bonds. The van der Waals surface area contributed by atoms with Crippen molar-refractivity contribution in [2.45, 2.75) is 23.8 Å². The van der Waals surface area contributed by atoms with E-state index in [1.54, 1.807) is 5.38 Å². The van der Waals surface area contributed by atoms with Gasteiger partial charge in [0.15, 0.2) is 16.6 Å². The number of ketones is 1. The molecule has 3 N–H and O–H groups in total. The second-order valence-electron chi connectivity index (χ2n) is 11.3. The molecule has 1 unspecified atom stereocenters. The zero-order chi connectivity index (χ0) is 34.5. The number of rotatable bonds is 12. The van der Waals surface area contributed by atoms with Crippen LogP contribution in [0.15, 0.2) is 113 Å². The molecule has 3 aromatic carbocycles. The number of amides is 1. The summed E-state index contributed by atoms with van der Waals surface area (Å²) in [6.45, 7) is 1.02. The monoisotopic (exact) mass is 696 g/mol. The summed E-state index contributed by atoms with van der Waals surface area (Å²) < 4.78 is 5.02. The van der Waals surface area contributed by atoms with Crippen LogP contribution in [0.25, 0.3) is 0 Å². The van der Waals surface area contributed by atoms with Gasteiger partial charge in [0.2, 0.25) is 0 Å². The van der Waals surface area contributed by atoms with Gasteiger partial charge in [0.05, 0.1) is 11.5 Å². The molecule has 6 rings (SSSR count). The van der Waals surface area contributed by atoms with Crippen molar-refractivity contribution >= 4 is 57.6 Å². The van der Waals surface area contributed by atoms with Crippen molar-refractivity contribution in [1.82, 2.24) is 10.3 Å². The minimum absolute atomic E-state index is 0.0831. The molecule has 0 bridgehead atoms. The summed E-state index contributed by atoms with van der Waals surface area (Å²) in [6.07, 6.45) is 0. The Hall–Kier alpha value is -5.27. The lowest BCUT2D eigenvalue weighted by Crippen LogP contribution is -2.66. The summed E-state index contributed by atoms with van der Waals surface area (Å²) >= 11 is 2.61. The molecule has 1 aliphatic carbocycles. The zero-order valence-corrected chi connectivity index (χ0v) is 28.1. The minimum Gasteiger partial charge on any atom is -0.478 e. The average Bonchev–Trinajstić information content (AvgIpc) is 3.59. The Bertz CT molecular complexity index is 1830. The van der Waals surface area contributed by atoms with Crippen molar-refractivity contribution in [3.8, 4) is 0 Å². The van der Waals surface area contributed by atoms with Gasteiger partial charge in [-0.1, -0.05) is 96.2 Å². The molecule has 4 aromatic rings. The number of thioether (sulfide) groups is 1. The number of anilines is 1. The molecule has 250 valence electrons. The van der Waals surface area contributed by atoms with Crippen LogP contribution in [-0.2, 0) is 34.3 Å².